The molecule has 1 aromatic heterocycles. The van der Waals surface area contributed by atoms with Crippen molar-refractivity contribution < 1.29 is 5.11 Å². The molecule has 1 unspecified atom stereocenters. The van der Waals surface area contributed by atoms with E-state index < -0.39 is 0 Å². The zero-order valence-electron chi connectivity index (χ0n) is 9.97. The van der Waals surface area contributed by atoms with Crippen molar-refractivity contribution in [2.45, 2.75) is 19.3 Å². The number of piperidine rings is 1. The van der Waals surface area contributed by atoms with Crippen LogP contribution >= 0.6 is 0 Å². The van der Waals surface area contributed by atoms with E-state index in [2.05, 4.69) is 16.1 Å². The summed E-state index contributed by atoms with van der Waals surface area (Å²) in [5.41, 5.74) is 1.28. The highest BCUT2D eigenvalue weighted by Crippen LogP contribution is 2.15. The molecular weight excluding hydrogens is 202 g/mol. The molecule has 0 aliphatic carbocycles. The van der Waals surface area contributed by atoms with Crippen LogP contribution in [-0.2, 0) is 13.5 Å². The smallest absolute Gasteiger partial charge is 0.0492 e. The number of aryl methyl sites for hydroxylation is 1. The Bertz CT molecular complexity index is 324. The van der Waals surface area contributed by atoms with Crippen LogP contribution in [0.1, 0.15) is 18.5 Å². The third kappa shape index (κ3) is 2.83. The third-order valence-corrected chi connectivity index (χ3v) is 3.47. The molecule has 0 aromatic carbocycles. The lowest BCUT2D eigenvalue weighted by Crippen LogP contribution is -2.38. The number of hydrogen-bond acceptors (Lipinski definition) is 3. The average molecular weight is 223 g/mol. The van der Waals surface area contributed by atoms with Crippen LogP contribution in [-0.4, -0.2) is 46.0 Å². The fourth-order valence-electron chi connectivity index (χ4n) is 2.42. The van der Waals surface area contributed by atoms with Crippen molar-refractivity contribution in [3.8, 4) is 0 Å². The summed E-state index contributed by atoms with van der Waals surface area (Å²) in [6.07, 6.45) is 5.30. The van der Waals surface area contributed by atoms with Crippen LogP contribution in [0.15, 0.2) is 12.3 Å². The Kier molecular flexibility index (Phi) is 3.96. The van der Waals surface area contributed by atoms with Crippen LogP contribution in [0.5, 0.6) is 0 Å². The highest BCUT2D eigenvalue weighted by atomic mass is 16.3. The molecule has 1 atom stereocenters. The highest BCUT2D eigenvalue weighted by Gasteiger charge is 2.18. The van der Waals surface area contributed by atoms with Gasteiger partial charge in [0.05, 0.1) is 0 Å². The van der Waals surface area contributed by atoms with Crippen LogP contribution in [0, 0.1) is 5.92 Å². The zero-order chi connectivity index (χ0) is 11.4. The summed E-state index contributed by atoms with van der Waals surface area (Å²) in [5.74, 6) is 0.486. The fourth-order valence-corrected chi connectivity index (χ4v) is 2.42. The number of likely N-dealkylation sites (tertiary alicyclic amines) is 1. The molecule has 1 aliphatic rings. The standard InChI is InChI=1S/C12H21N3O/c1-14-12(4-6-13-14)5-8-15-7-2-3-11(9-15)10-16/h4,6,11,16H,2-3,5,7-10H2,1H3. The van der Waals surface area contributed by atoms with Gasteiger partial charge in [0.15, 0.2) is 0 Å². The van der Waals surface area contributed by atoms with Gasteiger partial charge >= 0.3 is 0 Å². The molecule has 4 heteroatoms. The maximum atomic E-state index is 9.16. The molecule has 2 heterocycles. The van der Waals surface area contributed by atoms with Gasteiger partial charge in [0.25, 0.3) is 0 Å². The Morgan fingerprint density at radius 3 is 3.12 bits per heavy atom. The lowest BCUT2D eigenvalue weighted by molar-refractivity contribution is 0.121. The summed E-state index contributed by atoms with van der Waals surface area (Å²) in [6.45, 7) is 3.64. The van der Waals surface area contributed by atoms with Gasteiger partial charge in [-0.25, -0.2) is 0 Å². The van der Waals surface area contributed by atoms with Gasteiger partial charge in [0.2, 0.25) is 0 Å². The van der Waals surface area contributed by atoms with Gasteiger partial charge in [0, 0.05) is 45.1 Å². The predicted molar refractivity (Wildman–Crippen MR) is 63.2 cm³/mol. The van der Waals surface area contributed by atoms with Crippen LogP contribution in [0.4, 0.5) is 0 Å². The molecule has 0 amide bonds. The highest BCUT2D eigenvalue weighted by molar-refractivity contribution is 5.00. The molecule has 90 valence electrons. The molecule has 16 heavy (non-hydrogen) atoms. The Hall–Kier alpha value is -0.870. The van der Waals surface area contributed by atoms with Crippen molar-refractivity contribution in [1.82, 2.24) is 14.7 Å². The van der Waals surface area contributed by atoms with E-state index in [0.717, 1.165) is 19.5 Å². The molecule has 1 fully saturated rings. The minimum Gasteiger partial charge on any atom is -0.396 e. The average Bonchev–Trinajstić information content (AvgIpc) is 2.72. The molecule has 1 aromatic rings. The SMILES string of the molecule is Cn1nccc1CCN1CCCC(CO)C1. The van der Waals surface area contributed by atoms with Crippen LogP contribution < -0.4 is 0 Å². The first-order valence-corrected chi connectivity index (χ1v) is 6.09. The van der Waals surface area contributed by atoms with Crippen molar-refractivity contribution in [3.63, 3.8) is 0 Å². The summed E-state index contributed by atoms with van der Waals surface area (Å²) in [5, 5.41) is 13.3. The first-order chi connectivity index (χ1) is 7.79. The molecule has 2 rings (SSSR count). The van der Waals surface area contributed by atoms with E-state index in [1.165, 1.54) is 25.1 Å². The maximum Gasteiger partial charge on any atom is 0.0492 e. The van der Waals surface area contributed by atoms with Gasteiger partial charge < -0.3 is 10.0 Å². The Morgan fingerprint density at radius 2 is 2.44 bits per heavy atom. The summed E-state index contributed by atoms with van der Waals surface area (Å²) < 4.78 is 1.94. The van der Waals surface area contributed by atoms with Crippen molar-refractivity contribution >= 4 is 0 Å². The number of rotatable bonds is 4. The van der Waals surface area contributed by atoms with E-state index in [9.17, 15) is 0 Å². The van der Waals surface area contributed by atoms with E-state index >= 15 is 0 Å². The molecule has 0 radical (unpaired) electrons. The predicted octanol–water partition coefficient (Wildman–Crippen LogP) is 0.667. The van der Waals surface area contributed by atoms with Crippen LogP contribution in [0.2, 0.25) is 0 Å². The number of aromatic nitrogens is 2. The van der Waals surface area contributed by atoms with Gasteiger partial charge in [0.1, 0.15) is 0 Å². The van der Waals surface area contributed by atoms with Crippen molar-refractivity contribution in [3.05, 3.63) is 18.0 Å². The Balaban J connectivity index is 1.79. The van der Waals surface area contributed by atoms with Crippen molar-refractivity contribution in [1.29, 1.82) is 0 Å². The molecule has 1 N–H and O–H groups in total. The van der Waals surface area contributed by atoms with Gasteiger partial charge in [-0.05, 0) is 31.4 Å². The molecular formula is C12H21N3O. The van der Waals surface area contributed by atoms with Gasteiger partial charge in [-0.2, -0.15) is 5.10 Å². The zero-order valence-corrected chi connectivity index (χ0v) is 9.97. The second-order valence-electron chi connectivity index (χ2n) is 4.69. The molecule has 0 bridgehead atoms. The van der Waals surface area contributed by atoms with Gasteiger partial charge in [-0.15, -0.1) is 0 Å². The largest absolute Gasteiger partial charge is 0.396 e. The fraction of sp³-hybridized carbons (Fsp3) is 0.750. The second-order valence-corrected chi connectivity index (χ2v) is 4.69. The second kappa shape index (κ2) is 5.46. The number of nitrogens with zero attached hydrogens (tertiary/aromatic N) is 3. The molecule has 0 spiro atoms. The normalized spacial score (nSPS) is 22.5. The maximum absolute atomic E-state index is 9.16. The Morgan fingerprint density at radius 1 is 1.56 bits per heavy atom. The summed E-state index contributed by atoms with van der Waals surface area (Å²) in [7, 11) is 1.99. The lowest BCUT2D eigenvalue weighted by Gasteiger charge is -2.31. The van der Waals surface area contributed by atoms with Gasteiger partial charge in [-0.3, -0.25) is 4.68 Å². The summed E-state index contributed by atoms with van der Waals surface area (Å²) in [6, 6.07) is 2.08. The molecule has 1 saturated heterocycles. The minimum atomic E-state index is 0.336. The van der Waals surface area contributed by atoms with Crippen LogP contribution in [0.25, 0.3) is 0 Å². The number of aliphatic hydroxyl groups excluding tert-OH is 1. The molecule has 0 saturated carbocycles. The number of aliphatic hydroxyl groups is 1. The minimum absolute atomic E-state index is 0.336. The molecule has 1 aliphatic heterocycles. The summed E-state index contributed by atoms with van der Waals surface area (Å²) in [4.78, 5) is 2.46. The van der Waals surface area contributed by atoms with Gasteiger partial charge in [-0.1, -0.05) is 0 Å². The van der Waals surface area contributed by atoms with E-state index in [4.69, 9.17) is 5.11 Å². The first-order valence-electron chi connectivity index (χ1n) is 6.09. The van der Waals surface area contributed by atoms with E-state index in [1.807, 2.05) is 17.9 Å². The van der Waals surface area contributed by atoms with E-state index in [0.29, 0.717) is 12.5 Å². The molecule has 4 nitrogen and oxygen atoms in total. The summed E-state index contributed by atoms with van der Waals surface area (Å²) >= 11 is 0. The number of hydrogen-bond donors (Lipinski definition) is 1. The third-order valence-electron chi connectivity index (χ3n) is 3.47. The van der Waals surface area contributed by atoms with E-state index in [1.54, 1.807) is 0 Å². The Labute approximate surface area is 96.9 Å². The monoisotopic (exact) mass is 223 g/mol. The topological polar surface area (TPSA) is 41.3 Å². The van der Waals surface area contributed by atoms with Crippen LogP contribution in [0.3, 0.4) is 0 Å². The van der Waals surface area contributed by atoms with Crippen molar-refractivity contribution in [2.24, 2.45) is 13.0 Å². The van der Waals surface area contributed by atoms with E-state index in [-0.39, 0.29) is 0 Å². The quantitative estimate of drug-likeness (QED) is 0.815. The van der Waals surface area contributed by atoms with Crippen molar-refractivity contribution in [2.75, 3.05) is 26.2 Å². The lowest BCUT2D eigenvalue weighted by atomic mass is 9.99. The first kappa shape index (κ1) is 11.6.